The molecule has 18 heavy (non-hydrogen) atoms. The Morgan fingerprint density at radius 1 is 1.33 bits per heavy atom. The van der Waals surface area contributed by atoms with E-state index in [0.717, 1.165) is 29.8 Å². The van der Waals surface area contributed by atoms with Crippen LogP contribution in [0, 0.1) is 0 Å². The van der Waals surface area contributed by atoms with Crippen molar-refractivity contribution in [3.05, 3.63) is 22.9 Å². The highest BCUT2D eigenvalue weighted by Gasteiger charge is 2.11. The second kappa shape index (κ2) is 6.85. The van der Waals surface area contributed by atoms with E-state index >= 15 is 0 Å². The Labute approximate surface area is 116 Å². The molecule has 1 saturated heterocycles. The molecule has 1 amide bonds. The molecule has 5 heteroatoms. The lowest BCUT2D eigenvalue weighted by Crippen LogP contribution is -2.32. The van der Waals surface area contributed by atoms with Crippen molar-refractivity contribution in [3.8, 4) is 0 Å². The highest BCUT2D eigenvalue weighted by molar-refractivity contribution is 9.10. The molecule has 0 saturated carbocycles. The fourth-order valence-corrected chi connectivity index (χ4v) is 2.51. The van der Waals surface area contributed by atoms with Crippen LogP contribution in [0.3, 0.4) is 0 Å². The van der Waals surface area contributed by atoms with Gasteiger partial charge in [0.05, 0.1) is 11.9 Å². The number of carbonyl (C=O) groups is 1. The minimum Gasteiger partial charge on any atom is -0.325 e. The predicted molar refractivity (Wildman–Crippen MR) is 75.5 cm³/mol. The molecule has 0 radical (unpaired) electrons. The topological polar surface area (TPSA) is 45.2 Å². The Kier molecular flexibility index (Phi) is 5.13. The number of piperidine rings is 1. The van der Waals surface area contributed by atoms with Gasteiger partial charge in [-0.1, -0.05) is 6.42 Å². The first kappa shape index (κ1) is 13.5. The fourth-order valence-electron chi connectivity index (χ4n) is 2.15. The third kappa shape index (κ3) is 4.38. The van der Waals surface area contributed by atoms with E-state index in [-0.39, 0.29) is 5.91 Å². The summed E-state index contributed by atoms with van der Waals surface area (Å²) in [4.78, 5) is 18.2. The van der Waals surface area contributed by atoms with Gasteiger partial charge >= 0.3 is 0 Å². The lowest BCUT2D eigenvalue weighted by Gasteiger charge is -2.25. The lowest BCUT2D eigenvalue weighted by molar-refractivity contribution is -0.116. The summed E-state index contributed by atoms with van der Waals surface area (Å²) in [6, 6.07) is 1.85. The zero-order valence-corrected chi connectivity index (χ0v) is 11.9. The molecule has 0 spiro atoms. The van der Waals surface area contributed by atoms with Gasteiger partial charge in [0, 0.05) is 23.6 Å². The van der Waals surface area contributed by atoms with Crippen LogP contribution in [0.25, 0.3) is 0 Å². The van der Waals surface area contributed by atoms with Crippen LogP contribution in [0.15, 0.2) is 22.9 Å². The largest absolute Gasteiger partial charge is 0.325 e. The maximum absolute atomic E-state index is 11.8. The standard InChI is InChI=1S/C13H18BrN3O/c14-11-8-12(10-15-9-11)16-13(18)4-7-17-5-2-1-3-6-17/h8-10H,1-7H2,(H,16,18). The first-order valence-corrected chi connectivity index (χ1v) is 7.16. The van der Waals surface area contributed by atoms with E-state index in [1.54, 1.807) is 12.4 Å². The van der Waals surface area contributed by atoms with Gasteiger partial charge in [0.1, 0.15) is 0 Å². The summed E-state index contributed by atoms with van der Waals surface area (Å²) < 4.78 is 0.872. The van der Waals surface area contributed by atoms with E-state index in [2.05, 4.69) is 31.1 Å². The normalized spacial score (nSPS) is 16.5. The number of halogens is 1. The van der Waals surface area contributed by atoms with Crippen molar-refractivity contribution in [3.63, 3.8) is 0 Å². The van der Waals surface area contributed by atoms with Crippen LogP contribution >= 0.6 is 15.9 Å². The predicted octanol–water partition coefficient (Wildman–Crippen LogP) is 2.66. The van der Waals surface area contributed by atoms with Crippen molar-refractivity contribution < 1.29 is 4.79 Å². The molecule has 0 aromatic carbocycles. The molecular weight excluding hydrogens is 294 g/mol. The highest BCUT2D eigenvalue weighted by atomic mass is 79.9. The number of anilines is 1. The summed E-state index contributed by atoms with van der Waals surface area (Å²) in [5, 5.41) is 2.86. The molecular formula is C13H18BrN3O. The van der Waals surface area contributed by atoms with E-state index < -0.39 is 0 Å². The Hall–Kier alpha value is -0.940. The summed E-state index contributed by atoms with van der Waals surface area (Å²) in [5.41, 5.74) is 0.744. The average molecular weight is 312 g/mol. The molecule has 2 heterocycles. The summed E-state index contributed by atoms with van der Waals surface area (Å²) in [5.74, 6) is 0.0560. The monoisotopic (exact) mass is 311 g/mol. The van der Waals surface area contributed by atoms with E-state index in [4.69, 9.17) is 0 Å². The number of hydrogen-bond donors (Lipinski definition) is 1. The number of nitrogens with one attached hydrogen (secondary N) is 1. The van der Waals surface area contributed by atoms with Gasteiger partial charge in [0.25, 0.3) is 0 Å². The van der Waals surface area contributed by atoms with Crippen LogP contribution in [0.1, 0.15) is 25.7 Å². The number of likely N-dealkylation sites (tertiary alicyclic amines) is 1. The number of hydrogen-bond acceptors (Lipinski definition) is 3. The number of aromatic nitrogens is 1. The van der Waals surface area contributed by atoms with E-state index in [1.165, 1.54) is 19.3 Å². The smallest absolute Gasteiger partial charge is 0.225 e. The maximum Gasteiger partial charge on any atom is 0.225 e. The van der Waals surface area contributed by atoms with Crippen LogP contribution in [0.4, 0.5) is 5.69 Å². The van der Waals surface area contributed by atoms with Crippen molar-refractivity contribution in [2.45, 2.75) is 25.7 Å². The highest BCUT2D eigenvalue weighted by Crippen LogP contribution is 2.14. The zero-order valence-electron chi connectivity index (χ0n) is 10.4. The molecule has 1 N–H and O–H groups in total. The molecule has 2 rings (SSSR count). The van der Waals surface area contributed by atoms with Crippen molar-refractivity contribution in [2.24, 2.45) is 0 Å². The molecule has 1 aliphatic rings. The molecule has 1 aromatic rings. The van der Waals surface area contributed by atoms with Crippen molar-refractivity contribution in [1.82, 2.24) is 9.88 Å². The second-order valence-corrected chi connectivity index (χ2v) is 5.51. The van der Waals surface area contributed by atoms with Gasteiger partial charge < -0.3 is 10.2 Å². The lowest BCUT2D eigenvalue weighted by atomic mass is 10.1. The van der Waals surface area contributed by atoms with Crippen molar-refractivity contribution >= 4 is 27.5 Å². The third-order valence-corrected chi connectivity index (χ3v) is 3.53. The minimum absolute atomic E-state index is 0.0560. The van der Waals surface area contributed by atoms with E-state index in [0.29, 0.717) is 6.42 Å². The van der Waals surface area contributed by atoms with Crippen LogP contribution in [-0.4, -0.2) is 35.4 Å². The molecule has 1 aromatic heterocycles. The molecule has 0 atom stereocenters. The van der Waals surface area contributed by atoms with Crippen LogP contribution in [0.5, 0.6) is 0 Å². The first-order chi connectivity index (χ1) is 8.74. The summed E-state index contributed by atoms with van der Waals surface area (Å²) in [6.07, 6.45) is 7.75. The third-order valence-electron chi connectivity index (χ3n) is 3.09. The van der Waals surface area contributed by atoms with Crippen LogP contribution in [-0.2, 0) is 4.79 Å². The number of rotatable bonds is 4. The number of carbonyl (C=O) groups excluding carboxylic acids is 1. The van der Waals surface area contributed by atoms with Gasteiger partial charge in [-0.15, -0.1) is 0 Å². The summed E-state index contributed by atoms with van der Waals surface area (Å²) >= 11 is 3.33. The molecule has 4 nitrogen and oxygen atoms in total. The van der Waals surface area contributed by atoms with Gasteiger partial charge in [0.2, 0.25) is 5.91 Å². The fraction of sp³-hybridized carbons (Fsp3) is 0.538. The average Bonchev–Trinajstić information content (AvgIpc) is 2.38. The van der Waals surface area contributed by atoms with E-state index in [1.807, 2.05) is 6.07 Å². The van der Waals surface area contributed by atoms with Crippen LogP contribution in [0.2, 0.25) is 0 Å². The molecule has 98 valence electrons. The molecule has 1 aliphatic heterocycles. The van der Waals surface area contributed by atoms with Gasteiger partial charge in [0.15, 0.2) is 0 Å². The number of amides is 1. The molecule has 0 unspecified atom stereocenters. The summed E-state index contributed by atoms with van der Waals surface area (Å²) in [6.45, 7) is 3.12. The SMILES string of the molecule is O=C(CCN1CCCCC1)Nc1cncc(Br)c1. The molecule has 0 bridgehead atoms. The van der Waals surface area contributed by atoms with Crippen molar-refractivity contribution in [2.75, 3.05) is 25.0 Å². The van der Waals surface area contributed by atoms with Crippen LogP contribution < -0.4 is 5.32 Å². The molecule has 1 fully saturated rings. The Balaban J connectivity index is 1.74. The minimum atomic E-state index is 0.0560. The first-order valence-electron chi connectivity index (χ1n) is 6.37. The number of nitrogens with zero attached hydrogens (tertiary/aromatic N) is 2. The second-order valence-electron chi connectivity index (χ2n) is 4.59. The Bertz CT molecular complexity index is 405. The Morgan fingerprint density at radius 2 is 2.11 bits per heavy atom. The number of pyridine rings is 1. The maximum atomic E-state index is 11.8. The van der Waals surface area contributed by atoms with Gasteiger partial charge in [-0.2, -0.15) is 0 Å². The quantitative estimate of drug-likeness (QED) is 0.930. The Morgan fingerprint density at radius 3 is 2.83 bits per heavy atom. The summed E-state index contributed by atoms with van der Waals surface area (Å²) in [7, 11) is 0. The van der Waals surface area contributed by atoms with Gasteiger partial charge in [-0.25, -0.2) is 0 Å². The van der Waals surface area contributed by atoms with Gasteiger partial charge in [-0.3, -0.25) is 9.78 Å². The van der Waals surface area contributed by atoms with Crippen molar-refractivity contribution in [1.29, 1.82) is 0 Å². The molecule has 0 aliphatic carbocycles. The van der Waals surface area contributed by atoms with E-state index in [9.17, 15) is 4.79 Å². The zero-order chi connectivity index (χ0) is 12.8. The van der Waals surface area contributed by atoms with Gasteiger partial charge in [-0.05, 0) is 47.9 Å².